The van der Waals surface area contributed by atoms with E-state index in [1.807, 2.05) is 18.2 Å². The number of carbonyl (C=O) groups excluding carboxylic acids is 1. The van der Waals surface area contributed by atoms with Crippen LogP contribution < -0.4 is 5.32 Å². The van der Waals surface area contributed by atoms with Crippen LogP contribution in [-0.4, -0.2) is 12.5 Å². The zero-order valence-corrected chi connectivity index (χ0v) is 16.5. The van der Waals surface area contributed by atoms with Crippen molar-refractivity contribution in [1.82, 2.24) is 5.32 Å². The number of halogens is 2. The molecule has 118 valence electrons. The third kappa shape index (κ3) is 8.19. The Morgan fingerprint density at radius 3 is 2.38 bits per heavy atom. The lowest BCUT2D eigenvalue weighted by Crippen LogP contribution is -2.25. The van der Waals surface area contributed by atoms with Gasteiger partial charge in [-0.3, -0.25) is 4.79 Å². The second-order valence-corrected chi connectivity index (χ2v) is 7.43. The maximum atomic E-state index is 12.1. The van der Waals surface area contributed by atoms with E-state index in [1.165, 1.54) is 44.9 Å². The minimum atomic E-state index is 0.0312. The molecule has 0 unspecified atom stereocenters. The first kappa shape index (κ1) is 18.9. The number of amides is 1. The molecule has 1 aromatic carbocycles. The molecule has 1 aromatic rings. The molecular weight excluding hydrogens is 441 g/mol. The Kier molecular flexibility index (Phi) is 10.3. The minimum absolute atomic E-state index is 0.0312. The topological polar surface area (TPSA) is 29.1 Å². The van der Waals surface area contributed by atoms with Crippen molar-refractivity contribution >= 4 is 44.4 Å². The Balaban J connectivity index is 2.12. The fourth-order valence-electron chi connectivity index (χ4n) is 2.23. The number of rotatable bonds is 10. The summed E-state index contributed by atoms with van der Waals surface area (Å²) in [5.41, 5.74) is 0.754. The van der Waals surface area contributed by atoms with E-state index >= 15 is 0 Å². The smallest absolute Gasteiger partial charge is 0.252 e. The summed E-state index contributed by atoms with van der Waals surface area (Å²) in [5.74, 6) is 0.0312. The second kappa shape index (κ2) is 11.5. The van der Waals surface area contributed by atoms with Gasteiger partial charge in [-0.25, -0.2) is 0 Å². The molecule has 0 fully saturated rings. The van der Waals surface area contributed by atoms with Gasteiger partial charge in [0.1, 0.15) is 0 Å². The Morgan fingerprint density at radius 2 is 1.71 bits per heavy atom. The first-order chi connectivity index (χ1) is 10.1. The molecule has 21 heavy (non-hydrogen) atoms. The van der Waals surface area contributed by atoms with Crippen LogP contribution in [0.3, 0.4) is 0 Å². The van der Waals surface area contributed by atoms with E-state index in [0.717, 1.165) is 26.6 Å². The lowest BCUT2D eigenvalue weighted by atomic mass is 10.1. The van der Waals surface area contributed by atoms with Crippen LogP contribution in [0.25, 0.3) is 0 Å². The van der Waals surface area contributed by atoms with E-state index in [2.05, 4.69) is 50.8 Å². The van der Waals surface area contributed by atoms with Crippen LogP contribution in [0.15, 0.2) is 22.7 Å². The lowest BCUT2D eigenvalue weighted by molar-refractivity contribution is 0.0952. The van der Waals surface area contributed by atoms with Crippen molar-refractivity contribution in [2.75, 3.05) is 6.54 Å². The molecular formula is C17H25BrINO. The van der Waals surface area contributed by atoms with E-state index in [4.69, 9.17) is 0 Å². The summed E-state index contributed by atoms with van der Waals surface area (Å²) >= 11 is 5.61. The third-order valence-electron chi connectivity index (χ3n) is 3.49. The molecule has 0 heterocycles. The van der Waals surface area contributed by atoms with Crippen LogP contribution in [0.2, 0.25) is 0 Å². The van der Waals surface area contributed by atoms with Gasteiger partial charge < -0.3 is 5.32 Å². The van der Waals surface area contributed by atoms with Crippen LogP contribution in [0.1, 0.15) is 68.6 Å². The number of benzene rings is 1. The molecule has 0 aliphatic rings. The fourth-order valence-corrected chi connectivity index (χ4v) is 3.17. The summed E-state index contributed by atoms with van der Waals surface area (Å²) in [6.45, 7) is 3.02. The van der Waals surface area contributed by atoms with Gasteiger partial charge in [0.2, 0.25) is 0 Å². The predicted octanol–water partition coefficient (Wildman–Crippen LogP) is 5.92. The average molecular weight is 466 g/mol. The van der Waals surface area contributed by atoms with Crippen LogP contribution in [-0.2, 0) is 0 Å². The van der Waals surface area contributed by atoms with Gasteiger partial charge in [0.15, 0.2) is 0 Å². The van der Waals surface area contributed by atoms with E-state index in [-0.39, 0.29) is 5.91 Å². The highest BCUT2D eigenvalue weighted by Crippen LogP contribution is 2.18. The van der Waals surface area contributed by atoms with Crippen LogP contribution in [0.4, 0.5) is 0 Å². The monoisotopic (exact) mass is 465 g/mol. The summed E-state index contributed by atoms with van der Waals surface area (Å²) in [5, 5.41) is 3.01. The molecule has 1 amide bonds. The summed E-state index contributed by atoms with van der Waals surface area (Å²) in [6, 6.07) is 5.79. The van der Waals surface area contributed by atoms with Gasteiger partial charge in [-0.2, -0.15) is 0 Å². The highest BCUT2D eigenvalue weighted by molar-refractivity contribution is 14.1. The standard InChI is InChI=1S/C17H25BrINO/c1-2-3-4-5-6-7-8-9-12-20-17(21)15-13-14(18)10-11-16(15)19/h10-11,13H,2-9,12H2,1H3,(H,20,21). The Morgan fingerprint density at radius 1 is 1.10 bits per heavy atom. The second-order valence-electron chi connectivity index (χ2n) is 5.35. The lowest BCUT2D eigenvalue weighted by Gasteiger charge is -2.07. The van der Waals surface area contributed by atoms with Crippen LogP contribution in [0.5, 0.6) is 0 Å². The number of hydrogen-bond donors (Lipinski definition) is 1. The van der Waals surface area contributed by atoms with Crippen LogP contribution >= 0.6 is 38.5 Å². The maximum Gasteiger partial charge on any atom is 0.252 e. The zero-order chi connectivity index (χ0) is 15.5. The average Bonchev–Trinajstić information content (AvgIpc) is 2.48. The van der Waals surface area contributed by atoms with Crippen molar-refractivity contribution in [2.45, 2.75) is 58.3 Å². The molecule has 0 atom stereocenters. The number of unbranched alkanes of at least 4 members (excludes halogenated alkanes) is 7. The molecule has 0 saturated carbocycles. The van der Waals surface area contributed by atoms with Gasteiger partial charge in [-0.05, 0) is 47.2 Å². The van der Waals surface area contributed by atoms with Gasteiger partial charge in [-0.15, -0.1) is 0 Å². The Labute approximate surface area is 150 Å². The van der Waals surface area contributed by atoms with E-state index in [1.54, 1.807) is 0 Å². The van der Waals surface area contributed by atoms with Crippen LogP contribution in [0, 0.1) is 3.57 Å². The number of hydrogen-bond acceptors (Lipinski definition) is 1. The fraction of sp³-hybridized carbons (Fsp3) is 0.588. The number of carbonyl (C=O) groups is 1. The van der Waals surface area contributed by atoms with Crippen molar-refractivity contribution in [3.63, 3.8) is 0 Å². The SMILES string of the molecule is CCCCCCCCCCNC(=O)c1cc(Br)ccc1I. The van der Waals surface area contributed by atoms with Crippen molar-refractivity contribution < 1.29 is 4.79 Å². The van der Waals surface area contributed by atoms with Crippen molar-refractivity contribution in [1.29, 1.82) is 0 Å². The van der Waals surface area contributed by atoms with E-state index in [9.17, 15) is 4.79 Å². The summed E-state index contributed by atoms with van der Waals surface area (Å²) in [7, 11) is 0. The summed E-state index contributed by atoms with van der Waals surface area (Å²) < 4.78 is 1.93. The van der Waals surface area contributed by atoms with Gasteiger partial charge in [0.05, 0.1) is 5.56 Å². The van der Waals surface area contributed by atoms with Gasteiger partial charge in [-0.1, -0.05) is 67.8 Å². The normalized spacial score (nSPS) is 10.6. The van der Waals surface area contributed by atoms with Crippen molar-refractivity contribution in [3.8, 4) is 0 Å². The molecule has 0 aliphatic heterocycles. The number of nitrogens with one attached hydrogen (secondary N) is 1. The minimum Gasteiger partial charge on any atom is -0.352 e. The highest BCUT2D eigenvalue weighted by Gasteiger charge is 2.09. The molecule has 1 rings (SSSR count). The maximum absolute atomic E-state index is 12.1. The zero-order valence-electron chi connectivity index (χ0n) is 12.8. The Hall–Kier alpha value is -0.100. The Bertz CT molecular complexity index is 437. The molecule has 0 aromatic heterocycles. The summed E-state index contributed by atoms with van der Waals surface area (Å²) in [4.78, 5) is 12.1. The van der Waals surface area contributed by atoms with E-state index < -0.39 is 0 Å². The highest BCUT2D eigenvalue weighted by atomic mass is 127. The molecule has 0 spiro atoms. The van der Waals surface area contributed by atoms with E-state index in [0.29, 0.717) is 0 Å². The van der Waals surface area contributed by atoms with Crippen molar-refractivity contribution in [3.05, 3.63) is 31.8 Å². The molecule has 0 radical (unpaired) electrons. The molecule has 0 saturated heterocycles. The molecule has 0 aliphatic carbocycles. The molecule has 2 nitrogen and oxygen atoms in total. The van der Waals surface area contributed by atoms with Crippen molar-refractivity contribution in [2.24, 2.45) is 0 Å². The first-order valence-electron chi connectivity index (χ1n) is 7.88. The summed E-state index contributed by atoms with van der Waals surface area (Å²) in [6.07, 6.45) is 10.3. The van der Waals surface area contributed by atoms with Gasteiger partial charge in [0.25, 0.3) is 5.91 Å². The van der Waals surface area contributed by atoms with Gasteiger partial charge >= 0.3 is 0 Å². The molecule has 0 bridgehead atoms. The van der Waals surface area contributed by atoms with Gasteiger partial charge in [0, 0.05) is 14.6 Å². The predicted molar refractivity (Wildman–Crippen MR) is 102 cm³/mol. The quantitative estimate of drug-likeness (QED) is 0.337. The largest absolute Gasteiger partial charge is 0.352 e. The molecule has 4 heteroatoms. The first-order valence-corrected chi connectivity index (χ1v) is 9.75. The molecule has 1 N–H and O–H groups in total. The third-order valence-corrected chi connectivity index (χ3v) is 4.92.